The van der Waals surface area contributed by atoms with E-state index in [1.807, 2.05) is 19.2 Å². The van der Waals surface area contributed by atoms with Gasteiger partial charge < -0.3 is 10.6 Å². The number of nitrogens with zero attached hydrogens (tertiary/aromatic N) is 1. The van der Waals surface area contributed by atoms with Crippen molar-refractivity contribution in [3.05, 3.63) is 28.0 Å². The van der Waals surface area contributed by atoms with Crippen LogP contribution in [0.4, 0.5) is 10.1 Å². The van der Waals surface area contributed by atoms with Crippen LogP contribution >= 0.6 is 15.9 Å². The second kappa shape index (κ2) is 6.71. The fraction of sp³-hybridized carbons (Fsp3) is 0.600. The van der Waals surface area contributed by atoms with Crippen molar-refractivity contribution in [2.45, 2.75) is 51.1 Å². The van der Waals surface area contributed by atoms with E-state index in [4.69, 9.17) is 5.73 Å². The van der Waals surface area contributed by atoms with E-state index in [9.17, 15) is 4.39 Å². The van der Waals surface area contributed by atoms with Crippen molar-refractivity contribution < 1.29 is 4.39 Å². The van der Waals surface area contributed by atoms with Gasteiger partial charge in [0.15, 0.2) is 5.82 Å². The van der Waals surface area contributed by atoms with Crippen LogP contribution in [0.25, 0.3) is 0 Å². The Morgan fingerprint density at radius 1 is 1.26 bits per heavy atom. The van der Waals surface area contributed by atoms with Crippen LogP contribution in [0.2, 0.25) is 0 Å². The van der Waals surface area contributed by atoms with E-state index in [2.05, 4.69) is 20.8 Å². The first-order valence-electron chi connectivity index (χ1n) is 7.05. The summed E-state index contributed by atoms with van der Waals surface area (Å²) in [7, 11) is 2.00. The van der Waals surface area contributed by atoms with Crippen LogP contribution in [-0.4, -0.2) is 13.1 Å². The summed E-state index contributed by atoms with van der Waals surface area (Å²) < 4.78 is 14.9. The zero-order valence-electron chi connectivity index (χ0n) is 11.5. The van der Waals surface area contributed by atoms with Gasteiger partial charge in [-0.25, -0.2) is 4.39 Å². The second-order valence-electron chi connectivity index (χ2n) is 5.33. The highest BCUT2D eigenvalue weighted by Gasteiger charge is 2.21. The fourth-order valence-electron chi connectivity index (χ4n) is 2.85. The molecule has 0 unspecified atom stereocenters. The molecule has 0 radical (unpaired) electrons. The van der Waals surface area contributed by atoms with Crippen LogP contribution in [0.5, 0.6) is 0 Å². The first-order valence-corrected chi connectivity index (χ1v) is 7.84. The molecule has 1 aromatic rings. The fourth-order valence-corrected chi connectivity index (χ4v) is 3.35. The average molecular weight is 329 g/mol. The Morgan fingerprint density at radius 2 is 1.89 bits per heavy atom. The number of hydrogen-bond donors (Lipinski definition) is 1. The minimum atomic E-state index is -0.185. The number of nitrogens with two attached hydrogens (primary N) is 1. The standard InChI is InChI=1S/C15H22BrFN2/c1-19(12-6-4-2-3-5-7-12)13-9-8-11(10-18)14(16)15(13)17/h8-9,12H,2-7,10,18H2,1H3. The number of anilines is 1. The monoisotopic (exact) mass is 328 g/mol. The molecule has 106 valence electrons. The molecule has 1 fully saturated rings. The summed E-state index contributed by atoms with van der Waals surface area (Å²) in [5.41, 5.74) is 7.09. The van der Waals surface area contributed by atoms with Gasteiger partial charge in [-0.1, -0.05) is 31.7 Å². The van der Waals surface area contributed by atoms with Crippen LogP contribution in [0.1, 0.15) is 44.1 Å². The second-order valence-corrected chi connectivity index (χ2v) is 6.13. The highest BCUT2D eigenvalue weighted by molar-refractivity contribution is 9.10. The summed E-state index contributed by atoms with van der Waals surface area (Å²) >= 11 is 3.32. The topological polar surface area (TPSA) is 29.3 Å². The largest absolute Gasteiger partial charge is 0.369 e. The molecule has 0 aliphatic heterocycles. The average Bonchev–Trinajstić information content (AvgIpc) is 2.70. The van der Waals surface area contributed by atoms with Gasteiger partial charge in [-0.15, -0.1) is 0 Å². The first kappa shape index (κ1) is 14.8. The maximum Gasteiger partial charge on any atom is 0.160 e. The lowest BCUT2D eigenvalue weighted by Gasteiger charge is -2.30. The predicted molar refractivity (Wildman–Crippen MR) is 81.9 cm³/mol. The van der Waals surface area contributed by atoms with Gasteiger partial charge in [-0.3, -0.25) is 0 Å². The zero-order chi connectivity index (χ0) is 13.8. The molecule has 0 saturated heterocycles. The summed E-state index contributed by atoms with van der Waals surface area (Å²) in [4.78, 5) is 2.10. The molecule has 19 heavy (non-hydrogen) atoms. The Morgan fingerprint density at radius 3 is 2.47 bits per heavy atom. The Labute approximate surface area is 123 Å². The molecule has 0 heterocycles. The van der Waals surface area contributed by atoms with E-state index in [-0.39, 0.29) is 5.82 Å². The third-order valence-corrected chi connectivity index (χ3v) is 4.97. The van der Waals surface area contributed by atoms with Crippen molar-refractivity contribution in [2.75, 3.05) is 11.9 Å². The maximum absolute atomic E-state index is 14.4. The van der Waals surface area contributed by atoms with Crippen LogP contribution < -0.4 is 10.6 Å². The Kier molecular flexibility index (Phi) is 5.22. The molecule has 1 aliphatic rings. The van der Waals surface area contributed by atoms with Gasteiger partial charge in [0, 0.05) is 19.6 Å². The molecular formula is C15H22BrFN2. The van der Waals surface area contributed by atoms with E-state index >= 15 is 0 Å². The lowest BCUT2D eigenvalue weighted by molar-refractivity contribution is 0.536. The molecule has 2 rings (SSSR count). The minimum Gasteiger partial charge on any atom is -0.369 e. The molecule has 1 aliphatic carbocycles. The normalized spacial score (nSPS) is 17.3. The highest BCUT2D eigenvalue weighted by Crippen LogP contribution is 2.32. The Bertz CT molecular complexity index is 428. The molecule has 1 saturated carbocycles. The number of halogens is 2. The van der Waals surface area contributed by atoms with Crippen molar-refractivity contribution in [2.24, 2.45) is 5.73 Å². The molecule has 4 heteroatoms. The molecule has 0 atom stereocenters. The summed E-state index contributed by atoms with van der Waals surface area (Å²) in [6, 6.07) is 4.22. The first-order chi connectivity index (χ1) is 9.15. The van der Waals surface area contributed by atoms with Crippen LogP contribution in [0, 0.1) is 5.82 Å². The third kappa shape index (κ3) is 3.29. The maximum atomic E-state index is 14.4. The molecule has 2 nitrogen and oxygen atoms in total. The van der Waals surface area contributed by atoms with Crippen LogP contribution in [0.3, 0.4) is 0 Å². The summed E-state index contributed by atoms with van der Waals surface area (Å²) in [5, 5.41) is 0. The zero-order valence-corrected chi connectivity index (χ0v) is 13.0. The van der Waals surface area contributed by atoms with Gasteiger partial charge >= 0.3 is 0 Å². The Balaban J connectivity index is 2.22. The molecular weight excluding hydrogens is 307 g/mol. The quantitative estimate of drug-likeness (QED) is 0.842. The molecule has 0 amide bonds. The highest BCUT2D eigenvalue weighted by atomic mass is 79.9. The minimum absolute atomic E-state index is 0.185. The van der Waals surface area contributed by atoms with Gasteiger partial charge in [-0.05, 0) is 40.4 Å². The molecule has 1 aromatic carbocycles. The molecule has 0 bridgehead atoms. The van der Waals surface area contributed by atoms with Crippen LogP contribution in [0.15, 0.2) is 16.6 Å². The molecule has 0 aromatic heterocycles. The Hall–Kier alpha value is -0.610. The van der Waals surface area contributed by atoms with E-state index in [1.54, 1.807) is 0 Å². The smallest absolute Gasteiger partial charge is 0.160 e. The lowest BCUT2D eigenvalue weighted by Crippen LogP contribution is -2.31. The van der Waals surface area contributed by atoms with Gasteiger partial charge in [0.1, 0.15) is 0 Å². The van der Waals surface area contributed by atoms with E-state index in [1.165, 1.54) is 25.7 Å². The number of hydrogen-bond acceptors (Lipinski definition) is 2. The summed E-state index contributed by atoms with van der Waals surface area (Å²) in [6.07, 6.45) is 7.43. The molecule has 0 spiro atoms. The predicted octanol–water partition coefficient (Wildman–Crippen LogP) is 4.21. The lowest BCUT2D eigenvalue weighted by atomic mass is 10.1. The van der Waals surface area contributed by atoms with Gasteiger partial charge in [0.2, 0.25) is 0 Å². The van der Waals surface area contributed by atoms with E-state index in [0.29, 0.717) is 22.7 Å². The number of rotatable bonds is 3. The SMILES string of the molecule is CN(c1ccc(CN)c(Br)c1F)C1CCCCCC1. The van der Waals surface area contributed by atoms with E-state index in [0.717, 1.165) is 18.4 Å². The number of benzene rings is 1. The third-order valence-electron chi connectivity index (χ3n) is 4.11. The van der Waals surface area contributed by atoms with Crippen molar-refractivity contribution in [1.29, 1.82) is 0 Å². The molecule has 2 N–H and O–H groups in total. The van der Waals surface area contributed by atoms with Crippen molar-refractivity contribution in [3.63, 3.8) is 0 Å². The van der Waals surface area contributed by atoms with Crippen molar-refractivity contribution >= 4 is 21.6 Å². The van der Waals surface area contributed by atoms with Gasteiger partial charge in [0.05, 0.1) is 10.2 Å². The summed E-state index contributed by atoms with van der Waals surface area (Å²) in [5.74, 6) is -0.185. The van der Waals surface area contributed by atoms with Crippen LogP contribution in [-0.2, 0) is 6.54 Å². The summed E-state index contributed by atoms with van der Waals surface area (Å²) in [6.45, 7) is 0.352. The van der Waals surface area contributed by atoms with Crippen molar-refractivity contribution in [3.8, 4) is 0 Å². The van der Waals surface area contributed by atoms with Gasteiger partial charge in [0.25, 0.3) is 0 Å². The van der Waals surface area contributed by atoms with Crippen molar-refractivity contribution in [1.82, 2.24) is 0 Å². The van der Waals surface area contributed by atoms with E-state index < -0.39 is 0 Å². The van der Waals surface area contributed by atoms with Gasteiger partial charge in [-0.2, -0.15) is 0 Å².